The van der Waals surface area contributed by atoms with Gasteiger partial charge >= 0.3 is 0 Å². The maximum Gasteiger partial charge on any atom is 0.263 e. The molecule has 8 heteroatoms. The third-order valence-electron chi connectivity index (χ3n) is 4.96. The molecule has 1 saturated carbocycles. The van der Waals surface area contributed by atoms with Crippen LogP contribution in [0.15, 0.2) is 22.7 Å². The third-order valence-corrected chi connectivity index (χ3v) is 4.96. The van der Waals surface area contributed by atoms with Crippen molar-refractivity contribution in [2.45, 2.75) is 31.8 Å². The number of aromatic nitrogens is 2. The molecular weight excluding hydrogens is 330 g/mol. The van der Waals surface area contributed by atoms with Crippen molar-refractivity contribution in [3.05, 3.63) is 35.7 Å². The van der Waals surface area contributed by atoms with Crippen molar-refractivity contribution < 1.29 is 18.1 Å². The van der Waals surface area contributed by atoms with Crippen LogP contribution in [0.1, 0.15) is 25.1 Å². The molecule has 1 aliphatic heterocycles. The minimum atomic E-state index is -0.775. The van der Waals surface area contributed by atoms with E-state index in [-0.39, 0.29) is 29.7 Å². The number of likely N-dealkylation sites (tertiary alicyclic amines) is 1. The lowest BCUT2D eigenvalue weighted by Crippen LogP contribution is -2.41. The summed E-state index contributed by atoms with van der Waals surface area (Å²) in [5, 5.41) is 6.40. The van der Waals surface area contributed by atoms with E-state index >= 15 is 0 Å². The number of piperidine rings is 1. The van der Waals surface area contributed by atoms with E-state index < -0.39 is 11.6 Å². The highest BCUT2D eigenvalue weighted by Crippen LogP contribution is 2.36. The Labute approximate surface area is 143 Å². The number of carbonyl (C=O) groups is 1. The van der Waals surface area contributed by atoms with Gasteiger partial charge in [-0.3, -0.25) is 9.69 Å². The molecule has 0 spiro atoms. The zero-order valence-corrected chi connectivity index (χ0v) is 13.5. The molecule has 1 N–H and O–H groups in total. The second kappa shape index (κ2) is 6.51. The number of nitrogens with one attached hydrogen (secondary N) is 1. The van der Waals surface area contributed by atoms with Crippen LogP contribution < -0.4 is 5.32 Å². The topological polar surface area (TPSA) is 71.3 Å². The Bertz CT molecular complexity index is 774. The molecule has 2 heterocycles. The van der Waals surface area contributed by atoms with Crippen LogP contribution in [0.2, 0.25) is 0 Å². The summed E-state index contributed by atoms with van der Waals surface area (Å²) in [6.07, 6.45) is 3.62. The molecule has 1 aromatic heterocycles. The highest BCUT2D eigenvalue weighted by atomic mass is 19.1. The summed E-state index contributed by atoms with van der Waals surface area (Å²) < 4.78 is 32.4. The molecule has 25 heavy (non-hydrogen) atoms. The monoisotopic (exact) mass is 348 g/mol. The molecule has 0 radical (unpaired) electrons. The fourth-order valence-corrected chi connectivity index (χ4v) is 3.77. The molecule has 2 aliphatic rings. The van der Waals surface area contributed by atoms with Gasteiger partial charge in [-0.1, -0.05) is 11.2 Å². The lowest BCUT2D eigenvalue weighted by atomic mass is 10.1. The molecule has 1 saturated heterocycles. The van der Waals surface area contributed by atoms with Gasteiger partial charge in [0.15, 0.2) is 5.82 Å². The minimum Gasteiger partial charge on any atom is -0.348 e. The number of rotatable bonds is 5. The van der Waals surface area contributed by atoms with Gasteiger partial charge in [0.1, 0.15) is 17.2 Å². The summed E-state index contributed by atoms with van der Waals surface area (Å²) in [7, 11) is 0. The van der Waals surface area contributed by atoms with Gasteiger partial charge in [-0.25, -0.2) is 8.78 Å². The van der Waals surface area contributed by atoms with E-state index in [1.54, 1.807) is 0 Å². The fraction of sp³-hybridized carbons (Fsp3) is 0.471. The highest BCUT2D eigenvalue weighted by Gasteiger charge is 2.38. The molecule has 2 fully saturated rings. The van der Waals surface area contributed by atoms with Crippen LogP contribution in [0.3, 0.4) is 0 Å². The standard InChI is InChI=1S/C17H18F2N4O2/c18-12-2-1-3-13(19)16(12)17-21-14(22-25-17)7-20-15(24)9-23-8-10-4-5-11(23)6-10/h1-3,10-11H,4-9H2,(H,20,24)/t10-,11+/m1/s1. The van der Waals surface area contributed by atoms with Crippen molar-refractivity contribution in [1.29, 1.82) is 0 Å². The van der Waals surface area contributed by atoms with Gasteiger partial charge in [-0.2, -0.15) is 4.98 Å². The van der Waals surface area contributed by atoms with E-state index in [0.717, 1.165) is 24.6 Å². The average molecular weight is 348 g/mol. The Kier molecular flexibility index (Phi) is 4.20. The molecule has 2 aromatic rings. The van der Waals surface area contributed by atoms with Crippen LogP contribution >= 0.6 is 0 Å². The fourth-order valence-electron chi connectivity index (χ4n) is 3.77. The van der Waals surface area contributed by atoms with Gasteiger partial charge in [-0.15, -0.1) is 0 Å². The molecular formula is C17H18F2N4O2. The summed E-state index contributed by atoms with van der Waals surface area (Å²) >= 11 is 0. The van der Waals surface area contributed by atoms with Crippen LogP contribution in [0.5, 0.6) is 0 Å². The predicted octanol–water partition coefficient (Wildman–Crippen LogP) is 2.12. The van der Waals surface area contributed by atoms with Gasteiger partial charge in [0.05, 0.1) is 13.1 Å². The third kappa shape index (κ3) is 3.26. The average Bonchev–Trinajstić information content (AvgIpc) is 3.29. The van der Waals surface area contributed by atoms with E-state index in [2.05, 4.69) is 20.4 Å². The summed E-state index contributed by atoms with van der Waals surface area (Å²) in [5.74, 6) is -0.999. The zero-order chi connectivity index (χ0) is 17.4. The van der Waals surface area contributed by atoms with Gasteiger partial charge in [0, 0.05) is 12.6 Å². The Morgan fingerprint density at radius 1 is 1.32 bits per heavy atom. The van der Waals surface area contributed by atoms with Gasteiger partial charge in [0.2, 0.25) is 5.91 Å². The molecule has 4 rings (SSSR count). The van der Waals surface area contributed by atoms with Crippen LogP contribution in [-0.2, 0) is 11.3 Å². The second-order valence-electron chi connectivity index (χ2n) is 6.65. The van der Waals surface area contributed by atoms with Crippen LogP contribution in [-0.4, -0.2) is 40.1 Å². The predicted molar refractivity (Wildman–Crippen MR) is 84.2 cm³/mol. The highest BCUT2D eigenvalue weighted by molar-refractivity contribution is 5.78. The molecule has 1 amide bonds. The van der Waals surface area contributed by atoms with Crippen LogP contribution in [0, 0.1) is 17.6 Å². The summed E-state index contributed by atoms with van der Waals surface area (Å²) in [4.78, 5) is 18.2. The van der Waals surface area contributed by atoms with E-state index in [4.69, 9.17) is 4.52 Å². The van der Waals surface area contributed by atoms with Crippen molar-refractivity contribution in [2.24, 2.45) is 5.92 Å². The van der Waals surface area contributed by atoms with Gasteiger partial charge in [0.25, 0.3) is 5.89 Å². The number of fused-ring (bicyclic) bond motifs is 2. The van der Waals surface area contributed by atoms with Gasteiger partial charge in [-0.05, 0) is 37.3 Å². The van der Waals surface area contributed by atoms with Crippen molar-refractivity contribution in [3.63, 3.8) is 0 Å². The first-order chi connectivity index (χ1) is 12.1. The first kappa shape index (κ1) is 16.1. The molecule has 1 aliphatic carbocycles. The van der Waals surface area contributed by atoms with E-state index in [9.17, 15) is 13.6 Å². The zero-order valence-electron chi connectivity index (χ0n) is 13.5. The molecule has 2 bridgehead atoms. The molecule has 6 nitrogen and oxygen atoms in total. The number of amides is 1. The Morgan fingerprint density at radius 2 is 2.12 bits per heavy atom. The molecule has 132 valence electrons. The van der Waals surface area contributed by atoms with Crippen molar-refractivity contribution in [1.82, 2.24) is 20.4 Å². The van der Waals surface area contributed by atoms with E-state index in [1.807, 2.05) is 0 Å². The van der Waals surface area contributed by atoms with E-state index in [0.29, 0.717) is 12.6 Å². The van der Waals surface area contributed by atoms with Crippen molar-refractivity contribution in [3.8, 4) is 11.5 Å². The second-order valence-corrected chi connectivity index (χ2v) is 6.65. The minimum absolute atomic E-state index is 0.0559. The maximum atomic E-state index is 13.7. The number of benzene rings is 1. The van der Waals surface area contributed by atoms with Crippen molar-refractivity contribution >= 4 is 5.91 Å². The van der Waals surface area contributed by atoms with Gasteiger partial charge < -0.3 is 9.84 Å². The number of hydrogen-bond acceptors (Lipinski definition) is 5. The SMILES string of the molecule is O=C(CN1C[C@@H]2CC[C@H]1C2)NCc1noc(-c2c(F)cccc2F)n1. The molecule has 2 atom stereocenters. The number of nitrogens with zero attached hydrogens (tertiary/aromatic N) is 3. The summed E-state index contributed by atoms with van der Waals surface area (Å²) in [5.41, 5.74) is -0.360. The Morgan fingerprint density at radius 3 is 2.80 bits per heavy atom. The first-order valence-corrected chi connectivity index (χ1v) is 8.38. The lowest BCUT2D eigenvalue weighted by Gasteiger charge is -2.25. The van der Waals surface area contributed by atoms with Crippen molar-refractivity contribution in [2.75, 3.05) is 13.1 Å². The molecule has 0 unspecified atom stereocenters. The summed E-state index contributed by atoms with van der Waals surface area (Å²) in [6, 6.07) is 4.02. The first-order valence-electron chi connectivity index (χ1n) is 8.38. The quantitative estimate of drug-likeness (QED) is 0.896. The number of halogens is 2. The van der Waals surface area contributed by atoms with E-state index in [1.165, 1.54) is 25.3 Å². The Balaban J connectivity index is 1.35. The lowest BCUT2D eigenvalue weighted by molar-refractivity contribution is -0.122. The van der Waals surface area contributed by atoms with Crippen LogP contribution in [0.4, 0.5) is 8.78 Å². The summed E-state index contributed by atoms with van der Waals surface area (Å²) in [6.45, 7) is 1.39. The maximum absolute atomic E-state index is 13.7. The normalized spacial score (nSPS) is 22.5. The Hall–Kier alpha value is -2.35. The van der Waals surface area contributed by atoms with Crippen LogP contribution in [0.25, 0.3) is 11.5 Å². The number of carbonyl (C=O) groups excluding carboxylic acids is 1. The number of hydrogen-bond donors (Lipinski definition) is 1. The molecule has 1 aromatic carbocycles. The largest absolute Gasteiger partial charge is 0.348 e. The smallest absolute Gasteiger partial charge is 0.263 e.